The first kappa shape index (κ1) is 16.5. The minimum atomic E-state index is -4.58. The summed E-state index contributed by atoms with van der Waals surface area (Å²) in [5.41, 5.74) is -1.08. The van der Waals surface area contributed by atoms with E-state index in [-0.39, 0.29) is 5.56 Å². The summed E-state index contributed by atoms with van der Waals surface area (Å²) in [6, 6.07) is 3.82. The molecule has 1 rings (SSSR count). The predicted octanol–water partition coefficient (Wildman–Crippen LogP) is 2.48. The first-order valence-electron chi connectivity index (χ1n) is 5.50. The second-order valence-electron chi connectivity index (χ2n) is 4.77. The third-order valence-electron chi connectivity index (χ3n) is 2.90. The number of carboxylic acids is 1. The molecule has 0 saturated carbocycles. The smallest absolute Gasteiger partial charge is 0.416 e. The van der Waals surface area contributed by atoms with Gasteiger partial charge in [0.15, 0.2) is 14.6 Å². The van der Waals surface area contributed by atoms with Crippen molar-refractivity contribution in [3.05, 3.63) is 35.4 Å². The molecule has 0 unspecified atom stereocenters. The molecule has 0 bridgehead atoms. The van der Waals surface area contributed by atoms with E-state index in [1.54, 1.807) is 0 Å². The highest BCUT2D eigenvalue weighted by molar-refractivity contribution is 7.92. The summed E-state index contributed by atoms with van der Waals surface area (Å²) in [6.07, 6.45) is -4.58. The van der Waals surface area contributed by atoms with Crippen LogP contribution in [0.4, 0.5) is 13.2 Å². The monoisotopic (exact) mass is 310 g/mol. The van der Waals surface area contributed by atoms with Gasteiger partial charge in [0, 0.05) is 0 Å². The fourth-order valence-corrected chi connectivity index (χ4v) is 2.62. The van der Waals surface area contributed by atoms with Gasteiger partial charge >= 0.3 is 12.1 Å². The van der Waals surface area contributed by atoms with E-state index < -0.39 is 38.0 Å². The van der Waals surface area contributed by atoms with Crippen molar-refractivity contribution < 1.29 is 31.5 Å². The largest absolute Gasteiger partial charge is 0.480 e. The summed E-state index contributed by atoms with van der Waals surface area (Å²) in [7, 11) is -4.14. The number of rotatable bonds is 4. The van der Waals surface area contributed by atoms with E-state index in [4.69, 9.17) is 5.11 Å². The van der Waals surface area contributed by atoms with Crippen LogP contribution in [0.1, 0.15) is 25.0 Å². The topological polar surface area (TPSA) is 71.4 Å². The molecule has 0 saturated heterocycles. The molecule has 0 atom stereocenters. The van der Waals surface area contributed by atoms with E-state index in [2.05, 4.69) is 0 Å². The number of halogens is 3. The molecule has 0 aliphatic carbocycles. The number of aliphatic carboxylic acids is 1. The van der Waals surface area contributed by atoms with Gasteiger partial charge in [0.2, 0.25) is 0 Å². The van der Waals surface area contributed by atoms with Gasteiger partial charge in [-0.05, 0) is 25.5 Å². The highest BCUT2D eigenvalue weighted by Gasteiger charge is 2.42. The normalized spacial score (nSPS) is 13.2. The van der Waals surface area contributed by atoms with Crippen molar-refractivity contribution in [1.29, 1.82) is 0 Å². The molecule has 0 aliphatic heterocycles. The Kier molecular flexibility index (Phi) is 4.19. The summed E-state index contributed by atoms with van der Waals surface area (Å²) in [5, 5.41) is 8.88. The Balaban J connectivity index is 3.15. The lowest BCUT2D eigenvalue weighted by molar-refractivity contribution is -0.139. The average molecular weight is 310 g/mol. The van der Waals surface area contributed by atoms with Crippen LogP contribution < -0.4 is 0 Å². The third kappa shape index (κ3) is 3.30. The molecular formula is C12H13F3O4S. The van der Waals surface area contributed by atoms with Gasteiger partial charge in [-0.1, -0.05) is 18.2 Å². The van der Waals surface area contributed by atoms with E-state index in [9.17, 15) is 26.4 Å². The number of benzene rings is 1. The summed E-state index contributed by atoms with van der Waals surface area (Å²) in [6.45, 7) is 2.00. The molecule has 0 fully saturated rings. The van der Waals surface area contributed by atoms with Crippen LogP contribution in [-0.2, 0) is 26.6 Å². The Morgan fingerprint density at radius 1 is 1.25 bits per heavy atom. The summed E-state index contributed by atoms with van der Waals surface area (Å²) >= 11 is 0. The van der Waals surface area contributed by atoms with Gasteiger partial charge in [0.05, 0.1) is 11.3 Å². The van der Waals surface area contributed by atoms with E-state index >= 15 is 0 Å². The summed E-state index contributed by atoms with van der Waals surface area (Å²) in [4.78, 5) is 10.9. The van der Waals surface area contributed by atoms with Crippen LogP contribution in [0.5, 0.6) is 0 Å². The maximum atomic E-state index is 12.5. The van der Waals surface area contributed by atoms with Gasteiger partial charge in [-0.15, -0.1) is 0 Å². The van der Waals surface area contributed by atoms with Crippen LogP contribution in [0, 0.1) is 0 Å². The zero-order chi connectivity index (χ0) is 15.8. The van der Waals surface area contributed by atoms with Crippen molar-refractivity contribution in [2.24, 2.45) is 0 Å². The zero-order valence-electron chi connectivity index (χ0n) is 10.7. The van der Waals surface area contributed by atoms with Gasteiger partial charge in [0.25, 0.3) is 0 Å². The summed E-state index contributed by atoms with van der Waals surface area (Å²) in [5.74, 6) is -2.32. The average Bonchev–Trinajstić information content (AvgIpc) is 2.27. The van der Waals surface area contributed by atoms with Crippen molar-refractivity contribution in [3.8, 4) is 0 Å². The Bertz CT molecular complexity index is 618. The van der Waals surface area contributed by atoms with E-state index in [1.165, 1.54) is 6.07 Å². The molecule has 112 valence electrons. The molecule has 4 nitrogen and oxygen atoms in total. The van der Waals surface area contributed by atoms with Crippen molar-refractivity contribution in [2.75, 3.05) is 0 Å². The van der Waals surface area contributed by atoms with Crippen LogP contribution in [-0.4, -0.2) is 24.2 Å². The second kappa shape index (κ2) is 5.08. The standard InChI is InChI=1S/C12H13F3O4S/c1-11(2,10(16)17)20(18,19)7-8-4-3-5-9(6-8)12(13,14)15/h3-6H,7H2,1-2H3,(H,16,17). The molecule has 8 heteroatoms. The SMILES string of the molecule is CC(C)(C(=O)O)S(=O)(=O)Cc1cccc(C(F)(F)F)c1. The van der Waals surface area contributed by atoms with Gasteiger partial charge < -0.3 is 5.11 Å². The lowest BCUT2D eigenvalue weighted by Gasteiger charge is -2.20. The van der Waals surface area contributed by atoms with Gasteiger partial charge in [-0.25, -0.2) is 8.42 Å². The fourth-order valence-electron chi connectivity index (χ4n) is 1.37. The maximum Gasteiger partial charge on any atom is 0.416 e. The first-order valence-corrected chi connectivity index (χ1v) is 7.15. The lowest BCUT2D eigenvalue weighted by atomic mass is 10.1. The summed E-state index contributed by atoms with van der Waals surface area (Å²) < 4.78 is 59.4. The van der Waals surface area contributed by atoms with Gasteiger partial charge in [-0.3, -0.25) is 4.79 Å². The molecule has 0 aromatic heterocycles. The van der Waals surface area contributed by atoms with E-state index in [1.807, 2.05) is 0 Å². The molecule has 0 heterocycles. The molecule has 20 heavy (non-hydrogen) atoms. The van der Waals surface area contributed by atoms with Crippen LogP contribution in [0.15, 0.2) is 24.3 Å². The van der Waals surface area contributed by atoms with Crippen molar-refractivity contribution in [2.45, 2.75) is 30.5 Å². The number of carboxylic acid groups (broad SMARTS) is 1. The number of sulfone groups is 1. The Hall–Kier alpha value is -1.57. The minimum absolute atomic E-state index is 0.103. The Morgan fingerprint density at radius 2 is 1.80 bits per heavy atom. The molecule has 0 amide bonds. The van der Waals surface area contributed by atoms with Crippen molar-refractivity contribution in [3.63, 3.8) is 0 Å². The van der Waals surface area contributed by atoms with Crippen LogP contribution in [0.3, 0.4) is 0 Å². The Labute approximate surface area is 114 Å². The van der Waals surface area contributed by atoms with Gasteiger partial charge in [0.1, 0.15) is 0 Å². The van der Waals surface area contributed by atoms with Crippen LogP contribution in [0.25, 0.3) is 0 Å². The van der Waals surface area contributed by atoms with Crippen molar-refractivity contribution >= 4 is 15.8 Å². The molecule has 0 aliphatic rings. The lowest BCUT2D eigenvalue weighted by Crippen LogP contribution is -2.41. The van der Waals surface area contributed by atoms with Gasteiger partial charge in [-0.2, -0.15) is 13.2 Å². The minimum Gasteiger partial charge on any atom is -0.480 e. The molecular weight excluding hydrogens is 297 g/mol. The highest BCUT2D eigenvalue weighted by atomic mass is 32.2. The second-order valence-corrected chi connectivity index (χ2v) is 7.31. The third-order valence-corrected chi connectivity index (χ3v) is 5.35. The van der Waals surface area contributed by atoms with Crippen molar-refractivity contribution in [1.82, 2.24) is 0 Å². The molecule has 0 spiro atoms. The molecule has 1 aromatic rings. The number of hydrogen-bond acceptors (Lipinski definition) is 3. The number of carbonyl (C=O) groups is 1. The maximum absolute atomic E-state index is 12.5. The molecule has 1 N–H and O–H groups in total. The van der Waals surface area contributed by atoms with Crippen LogP contribution >= 0.6 is 0 Å². The Morgan fingerprint density at radius 3 is 2.25 bits per heavy atom. The van der Waals surface area contributed by atoms with E-state index in [0.717, 1.165) is 26.0 Å². The van der Waals surface area contributed by atoms with Crippen LogP contribution in [0.2, 0.25) is 0 Å². The molecule has 1 aromatic carbocycles. The number of hydrogen-bond donors (Lipinski definition) is 1. The zero-order valence-corrected chi connectivity index (χ0v) is 11.5. The quantitative estimate of drug-likeness (QED) is 0.927. The van der Waals surface area contributed by atoms with E-state index in [0.29, 0.717) is 6.07 Å². The predicted molar refractivity (Wildman–Crippen MR) is 65.8 cm³/mol. The fraction of sp³-hybridized carbons (Fsp3) is 0.417. The number of alkyl halides is 3. The highest BCUT2D eigenvalue weighted by Crippen LogP contribution is 2.30. The molecule has 0 radical (unpaired) electrons. The first-order chi connectivity index (χ1) is 8.88.